The zero-order valence-electron chi connectivity index (χ0n) is 23.5. The Balaban J connectivity index is 1.13. The fourth-order valence-electron chi connectivity index (χ4n) is 5.53. The molecule has 43 heavy (non-hydrogen) atoms. The topological polar surface area (TPSA) is 104 Å². The van der Waals surface area contributed by atoms with Crippen molar-refractivity contribution in [3.05, 3.63) is 94.6 Å². The second kappa shape index (κ2) is 10.9. The van der Waals surface area contributed by atoms with Gasteiger partial charge in [-0.15, -0.1) is 0 Å². The minimum atomic E-state index is -1.05. The summed E-state index contributed by atoms with van der Waals surface area (Å²) in [6.45, 7) is 1.31. The first-order valence-corrected chi connectivity index (χ1v) is 14.3. The molecule has 1 atom stereocenters. The third kappa shape index (κ3) is 5.48. The maximum absolute atomic E-state index is 15.5. The van der Waals surface area contributed by atoms with Crippen LogP contribution >= 0.6 is 0 Å². The van der Waals surface area contributed by atoms with E-state index < -0.39 is 17.6 Å². The molecule has 1 aliphatic carbocycles. The fraction of sp³-hybridized carbons (Fsp3) is 0.312. The summed E-state index contributed by atoms with van der Waals surface area (Å²) in [6, 6.07) is 14.0. The lowest BCUT2D eigenvalue weighted by atomic mass is 10.0. The maximum atomic E-state index is 15.5. The quantitative estimate of drug-likeness (QED) is 0.226. The van der Waals surface area contributed by atoms with Gasteiger partial charge in [-0.25, -0.2) is 23.5 Å². The number of ether oxygens (including phenoxy) is 2. The third-order valence-electron chi connectivity index (χ3n) is 8.07. The summed E-state index contributed by atoms with van der Waals surface area (Å²) in [5.41, 5.74) is 3.67. The number of carboxylic acids is 1. The van der Waals surface area contributed by atoms with Crippen molar-refractivity contribution in [2.24, 2.45) is 7.05 Å². The number of carboxylic acid groups (broad SMARTS) is 1. The van der Waals surface area contributed by atoms with E-state index in [-0.39, 0.29) is 47.4 Å². The molecule has 2 aromatic carbocycles. The summed E-state index contributed by atoms with van der Waals surface area (Å²) >= 11 is 0. The molecule has 220 valence electrons. The molecule has 0 amide bonds. The second-order valence-corrected chi connectivity index (χ2v) is 11.1. The van der Waals surface area contributed by atoms with E-state index in [2.05, 4.69) is 15.1 Å². The van der Waals surface area contributed by atoms with Crippen molar-refractivity contribution in [2.75, 3.05) is 6.61 Å². The van der Waals surface area contributed by atoms with E-state index in [1.807, 2.05) is 22.4 Å². The Morgan fingerprint density at radius 3 is 2.65 bits per heavy atom. The van der Waals surface area contributed by atoms with E-state index in [4.69, 9.17) is 9.47 Å². The highest BCUT2D eigenvalue weighted by Crippen LogP contribution is 2.40. The van der Waals surface area contributed by atoms with Gasteiger partial charge in [-0.2, -0.15) is 5.10 Å². The van der Waals surface area contributed by atoms with Crippen molar-refractivity contribution < 1.29 is 28.2 Å². The van der Waals surface area contributed by atoms with Gasteiger partial charge >= 0.3 is 5.97 Å². The van der Waals surface area contributed by atoms with E-state index in [0.29, 0.717) is 35.9 Å². The molecular weight excluding hydrogens is 556 g/mol. The number of halogens is 2. The van der Waals surface area contributed by atoms with Crippen LogP contribution in [0.1, 0.15) is 58.3 Å². The van der Waals surface area contributed by atoms with E-state index >= 15 is 8.78 Å². The molecule has 0 bridgehead atoms. The molecule has 1 saturated carbocycles. The van der Waals surface area contributed by atoms with Crippen molar-refractivity contribution in [3.63, 3.8) is 0 Å². The first kappa shape index (κ1) is 27.2. The van der Waals surface area contributed by atoms with Gasteiger partial charge in [0.05, 0.1) is 34.9 Å². The highest BCUT2D eigenvalue weighted by atomic mass is 19.1. The smallest absolute Gasteiger partial charge is 0.335 e. The molecule has 1 N–H and O–H groups in total. The normalized spacial score (nSPS) is 16.4. The Kier molecular flexibility index (Phi) is 6.89. The summed E-state index contributed by atoms with van der Waals surface area (Å²) in [5, 5.41) is 14.0. The fourth-order valence-corrected chi connectivity index (χ4v) is 5.53. The third-order valence-corrected chi connectivity index (χ3v) is 8.07. The van der Waals surface area contributed by atoms with Crippen LogP contribution in [0.15, 0.2) is 54.6 Å². The lowest BCUT2D eigenvalue weighted by Gasteiger charge is -2.27. The molecular formula is C32H29F2N5O4. The van der Waals surface area contributed by atoms with Crippen LogP contribution in [0.2, 0.25) is 0 Å². The molecule has 3 aromatic heterocycles. The molecule has 5 aromatic rings. The van der Waals surface area contributed by atoms with Gasteiger partial charge in [0.15, 0.2) is 0 Å². The molecule has 11 heteroatoms. The number of hydrogen-bond acceptors (Lipinski definition) is 6. The second-order valence-electron chi connectivity index (χ2n) is 11.1. The summed E-state index contributed by atoms with van der Waals surface area (Å²) in [5.74, 6) is -0.940. The van der Waals surface area contributed by atoms with Gasteiger partial charge in [0, 0.05) is 43.3 Å². The molecule has 1 aliphatic heterocycles. The highest BCUT2D eigenvalue weighted by Gasteiger charge is 2.27. The van der Waals surface area contributed by atoms with Gasteiger partial charge in [0.2, 0.25) is 5.88 Å². The molecule has 4 heterocycles. The summed E-state index contributed by atoms with van der Waals surface area (Å²) in [7, 11) is 1.92. The Hall–Kier alpha value is -4.64. The van der Waals surface area contributed by atoms with E-state index in [0.717, 1.165) is 18.2 Å². The Morgan fingerprint density at radius 2 is 1.91 bits per heavy atom. The average molecular weight is 586 g/mol. The van der Waals surface area contributed by atoms with Gasteiger partial charge in [-0.05, 0) is 67.3 Å². The van der Waals surface area contributed by atoms with Crippen LogP contribution in [0, 0.1) is 11.6 Å². The monoisotopic (exact) mass is 585 g/mol. The SMILES string of the molecule is Cn1nc(COc2cccc(-c3cc(F)c(Cc4nc5ccc(C(=O)O)cc5n4CC4CCO4)cc3F)n2)cc1C1CC1. The average Bonchev–Trinajstić information content (AvgIpc) is 3.66. The first-order chi connectivity index (χ1) is 20.8. The van der Waals surface area contributed by atoms with Crippen molar-refractivity contribution in [1.29, 1.82) is 0 Å². The number of imidazole rings is 1. The van der Waals surface area contributed by atoms with Gasteiger partial charge in [0.25, 0.3) is 0 Å². The largest absolute Gasteiger partial charge is 0.478 e. The van der Waals surface area contributed by atoms with Gasteiger partial charge in [-0.1, -0.05) is 6.07 Å². The molecule has 1 unspecified atom stereocenters. The van der Waals surface area contributed by atoms with Crippen LogP contribution in [0.5, 0.6) is 5.88 Å². The summed E-state index contributed by atoms with van der Waals surface area (Å²) in [4.78, 5) is 20.6. The Bertz CT molecular complexity index is 1860. The van der Waals surface area contributed by atoms with E-state index in [9.17, 15) is 9.90 Å². The standard InChI is InChI=1S/C32H29F2N5O4/c1-38-28(18-5-6-18)14-21(37-38)17-43-31-4-2-3-26(36-31)23-15-24(33)20(11-25(23)34)13-30-35-27-8-7-19(32(40)41)12-29(27)39(30)16-22-9-10-42-22/h2-4,7-8,11-12,14-15,18,22H,5-6,9-10,13,16-17H2,1H3,(H,40,41). The van der Waals surface area contributed by atoms with Crippen molar-refractivity contribution in [2.45, 2.75) is 50.9 Å². The van der Waals surface area contributed by atoms with Crippen molar-refractivity contribution in [3.8, 4) is 17.1 Å². The predicted molar refractivity (Wildman–Crippen MR) is 153 cm³/mol. The van der Waals surface area contributed by atoms with Crippen LogP contribution in [0.4, 0.5) is 8.78 Å². The number of pyridine rings is 1. The number of aryl methyl sites for hydroxylation is 1. The van der Waals surface area contributed by atoms with Gasteiger partial charge in [0.1, 0.15) is 29.8 Å². The molecule has 0 radical (unpaired) electrons. The van der Waals surface area contributed by atoms with E-state index in [1.54, 1.807) is 30.3 Å². The highest BCUT2D eigenvalue weighted by molar-refractivity contribution is 5.92. The lowest BCUT2D eigenvalue weighted by Crippen LogP contribution is -2.31. The minimum absolute atomic E-state index is 0.0103. The maximum Gasteiger partial charge on any atom is 0.335 e. The summed E-state index contributed by atoms with van der Waals surface area (Å²) in [6.07, 6.45) is 3.17. The molecule has 7 rings (SSSR count). The molecule has 9 nitrogen and oxygen atoms in total. The number of aromatic nitrogens is 5. The van der Waals surface area contributed by atoms with Crippen LogP contribution in [-0.2, 0) is 31.4 Å². The number of nitrogens with zero attached hydrogens (tertiary/aromatic N) is 5. The number of hydrogen-bond donors (Lipinski definition) is 1. The predicted octanol–water partition coefficient (Wildman–Crippen LogP) is 5.64. The number of fused-ring (bicyclic) bond motifs is 1. The zero-order chi connectivity index (χ0) is 29.7. The summed E-state index contributed by atoms with van der Waals surface area (Å²) < 4.78 is 46.1. The van der Waals surface area contributed by atoms with Crippen LogP contribution < -0.4 is 4.74 Å². The minimum Gasteiger partial charge on any atom is -0.478 e. The van der Waals surface area contributed by atoms with Gasteiger partial charge in [-0.3, -0.25) is 4.68 Å². The van der Waals surface area contributed by atoms with Crippen molar-refractivity contribution in [1.82, 2.24) is 24.3 Å². The molecule has 0 spiro atoms. The molecule has 1 saturated heterocycles. The zero-order valence-corrected chi connectivity index (χ0v) is 23.5. The Labute approximate surface area is 245 Å². The van der Waals surface area contributed by atoms with Crippen LogP contribution in [-0.4, -0.2) is 48.1 Å². The van der Waals surface area contributed by atoms with Crippen LogP contribution in [0.3, 0.4) is 0 Å². The van der Waals surface area contributed by atoms with Crippen molar-refractivity contribution >= 4 is 17.0 Å². The Morgan fingerprint density at radius 1 is 1.07 bits per heavy atom. The van der Waals surface area contributed by atoms with Crippen LogP contribution in [0.25, 0.3) is 22.3 Å². The number of rotatable bonds is 10. The molecule has 2 aliphatic rings. The van der Waals surface area contributed by atoms with E-state index in [1.165, 1.54) is 30.7 Å². The number of carbonyl (C=O) groups is 1. The number of benzene rings is 2. The lowest BCUT2D eigenvalue weighted by molar-refractivity contribution is -0.0589. The molecule has 2 fully saturated rings. The van der Waals surface area contributed by atoms with Gasteiger partial charge < -0.3 is 19.1 Å². The number of aromatic carboxylic acids is 1. The first-order valence-electron chi connectivity index (χ1n) is 14.3.